The maximum absolute atomic E-state index is 12.9. The van der Waals surface area contributed by atoms with E-state index in [1.54, 1.807) is 36.4 Å². The Balaban J connectivity index is 2.26. The van der Waals surface area contributed by atoms with Crippen LogP contribution in [0.2, 0.25) is 0 Å². The fraction of sp³-hybridized carbons (Fsp3) is 0.125. The van der Waals surface area contributed by atoms with Gasteiger partial charge in [0.2, 0.25) is 0 Å². The quantitative estimate of drug-likeness (QED) is 0.931. The molecule has 108 valence electrons. The number of hydrogen-bond donors (Lipinski definition) is 1. The molecule has 0 bridgehead atoms. The van der Waals surface area contributed by atoms with Gasteiger partial charge in [0.05, 0.1) is 0 Å². The molecule has 3 nitrogen and oxygen atoms in total. The van der Waals surface area contributed by atoms with E-state index in [4.69, 9.17) is 0 Å². The summed E-state index contributed by atoms with van der Waals surface area (Å²) in [6, 6.07) is 12.9. The number of hydrogen-bond acceptors (Lipinski definition) is 3. The predicted octanol–water partition coefficient (Wildman–Crippen LogP) is 3.90. The molecule has 0 aliphatic heterocycles. The summed E-state index contributed by atoms with van der Waals surface area (Å²) in [6.07, 6.45) is 0. The first-order valence-corrected chi connectivity index (χ1v) is 7.11. The topological polar surface area (TPSA) is 54.4 Å². The number of carboxylic acids is 1. The van der Waals surface area contributed by atoms with Gasteiger partial charge in [-0.3, -0.25) is 9.59 Å². The molecule has 0 radical (unpaired) electrons. The van der Waals surface area contributed by atoms with Crippen LogP contribution >= 0.6 is 11.8 Å². The van der Waals surface area contributed by atoms with Crippen LogP contribution < -0.4 is 0 Å². The minimum Gasteiger partial charge on any atom is -0.480 e. The van der Waals surface area contributed by atoms with Gasteiger partial charge in [-0.25, -0.2) is 4.39 Å². The van der Waals surface area contributed by atoms with Crippen molar-refractivity contribution < 1.29 is 19.1 Å². The van der Waals surface area contributed by atoms with Gasteiger partial charge in [0.25, 0.3) is 0 Å². The predicted molar refractivity (Wildman–Crippen MR) is 80.5 cm³/mol. The van der Waals surface area contributed by atoms with Crippen molar-refractivity contribution in [3.63, 3.8) is 0 Å². The van der Waals surface area contributed by atoms with E-state index in [-0.39, 0.29) is 10.9 Å². The van der Waals surface area contributed by atoms with Crippen LogP contribution in [0, 0.1) is 5.82 Å². The lowest BCUT2D eigenvalue weighted by Gasteiger charge is -2.11. The third kappa shape index (κ3) is 3.92. The van der Waals surface area contributed by atoms with E-state index >= 15 is 0 Å². The van der Waals surface area contributed by atoms with Crippen molar-refractivity contribution in [2.45, 2.75) is 12.2 Å². The molecule has 1 atom stereocenters. The average Bonchev–Trinajstić information content (AvgIpc) is 2.45. The van der Waals surface area contributed by atoms with Crippen LogP contribution in [0.15, 0.2) is 48.5 Å². The smallest absolute Gasteiger partial charge is 0.321 e. The highest BCUT2D eigenvalue weighted by Gasteiger charge is 2.22. The highest BCUT2D eigenvalue weighted by molar-refractivity contribution is 8.14. The SMILES string of the molecule is CC(=O)SC(C(=O)O)c1ccc(-c2ccc(F)cc2)cc1. The van der Waals surface area contributed by atoms with Gasteiger partial charge in [0, 0.05) is 6.92 Å². The molecular weight excluding hydrogens is 291 g/mol. The molecule has 0 amide bonds. The Morgan fingerprint density at radius 2 is 1.48 bits per heavy atom. The van der Waals surface area contributed by atoms with E-state index < -0.39 is 11.2 Å². The molecule has 0 aliphatic carbocycles. The summed E-state index contributed by atoms with van der Waals surface area (Å²) in [7, 11) is 0. The third-order valence-corrected chi connectivity index (χ3v) is 3.94. The highest BCUT2D eigenvalue weighted by atomic mass is 32.2. The summed E-state index contributed by atoms with van der Waals surface area (Å²) < 4.78 is 12.9. The summed E-state index contributed by atoms with van der Waals surface area (Å²) >= 11 is 0.776. The van der Waals surface area contributed by atoms with E-state index in [2.05, 4.69) is 0 Å². The number of carbonyl (C=O) groups is 2. The second kappa shape index (κ2) is 6.54. The molecule has 1 N–H and O–H groups in total. The minimum atomic E-state index is -1.05. The molecule has 0 saturated carbocycles. The molecule has 0 saturated heterocycles. The third-order valence-electron chi connectivity index (χ3n) is 2.90. The van der Waals surface area contributed by atoms with Crippen LogP contribution in [0.3, 0.4) is 0 Å². The highest BCUT2D eigenvalue weighted by Crippen LogP contribution is 2.31. The van der Waals surface area contributed by atoms with Gasteiger partial charge in [-0.1, -0.05) is 48.2 Å². The zero-order valence-electron chi connectivity index (χ0n) is 11.2. The normalized spacial score (nSPS) is 11.9. The summed E-state index contributed by atoms with van der Waals surface area (Å²) in [5.74, 6) is -1.36. The van der Waals surface area contributed by atoms with Crippen LogP contribution in [0.4, 0.5) is 4.39 Å². The van der Waals surface area contributed by atoms with Gasteiger partial charge in [-0.05, 0) is 28.8 Å². The molecule has 2 aromatic rings. The zero-order valence-corrected chi connectivity index (χ0v) is 12.1. The van der Waals surface area contributed by atoms with E-state index in [1.165, 1.54) is 19.1 Å². The molecule has 5 heteroatoms. The van der Waals surface area contributed by atoms with Gasteiger partial charge < -0.3 is 5.11 Å². The fourth-order valence-electron chi connectivity index (χ4n) is 1.92. The van der Waals surface area contributed by atoms with E-state index in [0.717, 1.165) is 22.9 Å². The molecular formula is C16H13FO3S. The number of carboxylic acid groups (broad SMARTS) is 1. The Morgan fingerprint density at radius 3 is 1.90 bits per heavy atom. The van der Waals surface area contributed by atoms with Crippen LogP contribution in [-0.2, 0) is 9.59 Å². The molecule has 0 fully saturated rings. The van der Waals surface area contributed by atoms with E-state index in [9.17, 15) is 19.1 Å². The first kappa shape index (κ1) is 15.3. The summed E-state index contributed by atoms with van der Waals surface area (Å²) in [5.41, 5.74) is 2.25. The van der Waals surface area contributed by atoms with Crippen LogP contribution in [0.1, 0.15) is 17.7 Å². The van der Waals surface area contributed by atoms with Crippen molar-refractivity contribution >= 4 is 22.8 Å². The summed E-state index contributed by atoms with van der Waals surface area (Å²) in [4.78, 5) is 22.3. The minimum absolute atomic E-state index is 0.245. The Bertz CT molecular complexity index is 650. The van der Waals surface area contributed by atoms with Crippen molar-refractivity contribution in [2.24, 2.45) is 0 Å². The molecule has 2 aromatic carbocycles. The standard InChI is InChI=1S/C16H13FO3S/c1-10(18)21-15(16(19)20)13-4-2-11(3-5-13)12-6-8-14(17)9-7-12/h2-9,15H,1H3,(H,19,20). The average molecular weight is 304 g/mol. The number of rotatable bonds is 4. The number of carbonyl (C=O) groups excluding carboxylic acids is 1. The van der Waals surface area contributed by atoms with Gasteiger partial charge >= 0.3 is 5.97 Å². The first-order chi connectivity index (χ1) is 9.97. The van der Waals surface area contributed by atoms with Crippen LogP contribution in [0.25, 0.3) is 11.1 Å². The molecule has 0 aromatic heterocycles. The molecule has 0 spiro atoms. The molecule has 1 unspecified atom stereocenters. The lowest BCUT2D eigenvalue weighted by molar-refractivity contribution is -0.136. The lowest BCUT2D eigenvalue weighted by atomic mass is 10.0. The van der Waals surface area contributed by atoms with Crippen molar-refractivity contribution in [1.29, 1.82) is 0 Å². The summed E-state index contributed by atoms with van der Waals surface area (Å²) in [5, 5.41) is 8.02. The Hall–Kier alpha value is -2.14. The molecule has 0 heterocycles. The van der Waals surface area contributed by atoms with Crippen molar-refractivity contribution in [3.05, 3.63) is 59.9 Å². The number of aliphatic carboxylic acids is 1. The Morgan fingerprint density at radius 1 is 1.00 bits per heavy atom. The van der Waals surface area contributed by atoms with Crippen LogP contribution in [-0.4, -0.2) is 16.2 Å². The second-order valence-corrected chi connectivity index (χ2v) is 5.74. The zero-order chi connectivity index (χ0) is 15.4. The van der Waals surface area contributed by atoms with Crippen molar-refractivity contribution in [3.8, 4) is 11.1 Å². The van der Waals surface area contributed by atoms with Crippen molar-refractivity contribution in [2.75, 3.05) is 0 Å². The number of halogens is 1. The van der Waals surface area contributed by atoms with Gasteiger partial charge in [-0.15, -0.1) is 0 Å². The molecule has 2 rings (SSSR count). The maximum Gasteiger partial charge on any atom is 0.321 e. The van der Waals surface area contributed by atoms with Crippen molar-refractivity contribution in [1.82, 2.24) is 0 Å². The first-order valence-electron chi connectivity index (χ1n) is 6.23. The largest absolute Gasteiger partial charge is 0.480 e. The van der Waals surface area contributed by atoms with E-state index in [1.807, 2.05) is 0 Å². The van der Waals surface area contributed by atoms with Gasteiger partial charge in [0.1, 0.15) is 11.1 Å². The van der Waals surface area contributed by atoms with Gasteiger partial charge in [-0.2, -0.15) is 0 Å². The van der Waals surface area contributed by atoms with Crippen LogP contribution in [0.5, 0.6) is 0 Å². The fourth-order valence-corrected chi connectivity index (χ4v) is 2.65. The van der Waals surface area contributed by atoms with E-state index in [0.29, 0.717) is 5.56 Å². The number of benzene rings is 2. The maximum atomic E-state index is 12.9. The molecule has 0 aliphatic rings. The summed E-state index contributed by atoms with van der Waals surface area (Å²) in [6.45, 7) is 1.34. The Kier molecular flexibility index (Phi) is 4.75. The monoisotopic (exact) mass is 304 g/mol. The second-order valence-electron chi connectivity index (χ2n) is 4.46. The van der Waals surface area contributed by atoms with Gasteiger partial charge in [0.15, 0.2) is 5.12 Å². The molecule has 21 heavy (non-hydrogen) atoms. The number of thioether (sulfide) groups is 1. The Labute approximate surface area is 125 Å². The lowest BCUT2D eigenvalue weighted by Crippen LogP contribution is -2.09.